The number of fused-ring (bicyclic) bond motifs is 1. The first-order valence-electron chi connectivity index (χ1n) is 6.83. The van der Waals surface area contributed by atoms with Crippen LogP contribution in [0.4, 0.5) is 0 Å². The molecule has 0 saturated carbocycles. The summed E-state index contributed by atoms with van der Waals surface area (Å²) in [5.41, 5.74) is 3.59. The number of hydrogen-bond donors (Lipinski definition) is 1. The second kappa shape index (κ2) is 4.69. The van der Waals surface area contributed by atoms with Gasteiger partial charge in [-0.25, -0.2) is 0 Å². The Morgan fingerprint density at radius 3 is 2.78 bits per heavy atom. The minimum Gasteiger partial charge on any atom is -0.310 e. The van der Waals surface area contributed by atoms with E-state index in [2.05, 4.69) is 47.6 Å². The number of hydrogen-bond acceptors (Lipinski definition) is 2. The molecule has 2 heterocycles. The normalized spacial score (nSPS) is 24.3. The maximum atomic E-state index is 4.62. The molecule has 1 aromatic heterocycles. The molecule has 0 amide bonds. The van der Waals surface area contributed by atoms with E-state index in [0.29, 0.717) is 6.04 Å². The second-order valence-corrected chi connectivity index (χ2v) is 5.55. The van der Waals surface area contributed by atoms with Gasteiger partial charge in [0.1, 0.15) is 0 Å². The van der Waals surface area contributed by atoms with Gasteiger partial charge in [0, 0.05) is 17.1 Å². The molecule has 1 fully saturated rings. The highest BCUT2D eigenvalue weighted by atomic mass is 14.9. The third-order valence-corrected chi connectivity index (χ3v) is 3.92. The summed E-state index contributed by atoms with van der Waals surface area (Å²) in [7, 11) is 0. The Bertz CT molecular complexity index is 554. The van der Waals surface area contributed by atoms with Gasteiger partial charge in [0.15, 0.2) is 0 Å². The number of pyridine rings is 1. The van der Waals surface area contributed by atoms with E-state index in [1.165, 1.54) is 23.8 Å². The minimum absolute atomic E-state index is 0.507. The molecule has 1 aliphatic rings. The van der Waals surface area contributed by atoms with Crippen molar-refractivity contribution in [2.75, 3.05) is 6.54 Å². The van der Waals surface area contributed by atoms with Crippen molar-refractivity contribution in [1.29, 1.82) is 0 Å². The molecule has 2 atom stereocenters. The number of nitrogens with one attached hydrogen (secondary N) is 1. The summed E-state index contributed by atoms with van der Waals surface area (Å²) in [5.74, 6) is 0.807. The highest BCUT2D eigenvalue weighted by Gasteiger charge is 2.18. The molecule has 1 aromatic carbocycles. The molecule has 2 aromatic rings. The van der Waals surface area contributed by atoms with Crippen LogP contribution in [0, 0.1) is 12.8 Å². The molecule has 0 aliphatic carbocycles. The van der Waals surface area contributed by atoms with Crippen molar-refractivity contribution in [3.05, 3.63) is 41.6 Å². The van der Waals surface area contributed by atoms with Crippen molar-refractivity contribution in [2.45, 2.75) is 32.7 Å². The molecule has 1 saturated heterocycles. The van der Waals surface area contributed by atoms with Crippen LogP contribution in [0.1, 0.15) is 37.1 Å². The first kappa shape index (κ1) is 11.7. The van der Waals surface area contributed by atoms with Crippen LogP contribution in [-0.2, 0) is 0 Å². The first-order valence-corrected chi connectivity index (χ1v) is 6.83. The van der Waals surface area contributed by atoms with Gasteiger partial charge in [0.05, 0.1) is 5.52 Å². The van der Waals surface area contributed by atoms with E-state index in [1.54, 1.807) is 0 Å². The zero-order valence-electron chi connectivity index (χ0n) is 11.1. The molecule has 2 heteroatoms. The number of aromatic nitrogens is 1. The van der Waals surface area contributed by atoms with Crippen molar-refractivity contribution in [2.24, 2.45) is 5.92 Å². The average molecular weight is 240 g/mol. The highest BCUT2D eigenvalue weighted by Crippen LogP contribution is 2.27. The third-order valence-electron chi connectivity index (χ3n) is 3.92. The van der Waals surface area contributed by atoms with Crippen molar-refractivity contribution < 1.29 is 0 Å². The largest absolute Gasteiger partial charge is 0.310 e. The molecule has 0 spiro atoms. The van der Waals surface area contributed by atoms with E-state index in [1.807, 2.05) is 6.92 Å². The van der Waals surface area contributed by atoms with E-state index in [4.69, 9.17) is 0 Å². The smallest absolute Gasteiger partial charge is 0.0708 e. The van der Waals surface area contributed by atoms with Crippen LogP contribution in [-0.4, -0.2) is 11.5 Å². The molecule has 2 nitrogen and oxygen atoms in total. The Labute approximate surface area is 108 Å². The predicted octanol–water partition coefficient (Wildman–Crippen LogP) is 3.60. The fourth-order valence-corrected chi connectivity index (χ4v) is 2.74. The van der Waals surface area contributed by atoms with E-state index in [9.17, 15) is 0 Å². The Morgan fingerprint density at radius 2 is 2.00 bits per heavy atom. The van der Waals surface area contributed by atoms with Crippen LogP contribution in [0.3, 0.4) is 0 Å². The molecule has 1 aliphatic heterocycles. The lowest BCUT2D eigenvalue weighted by atomic mass is 9.91. The maximum Gasteiger partial charge on any atom is 0.0708 e. The van der Waals surface area contributed by atoms with Gasteiger partial charge in [-0.2, -0.15) is 0 Å². The lowest BCUT2D eigenvalue weighted by molar-refractivity contribution is 0.333. The number of aryl methyl sites for hydroxylation is 1. The van der Waals surface area contributed by atoms with E-state index < -0.39 is 0 Å². The molecule has 18 heavy (non-hydrogen) atoms. The van der Waals surface area contributed by atoms with Crippen LogP contribution < -0.4 is 5.32 Å². The molecule has 0 radical (unpaired) electrons. The quantitative estimate of drug-likeness (QED) is 0.823. The lowest BCUT2D eigenvalue weighted by Crippen LogP contribution is -2.31. The number of nitrogens with zero attached hydrogens (tertiary/aromatic N) is 1. The second-order valence-electron chi connectivity index (χ2n) is 5.55. The van der Waals surface area contributed by atoms with Gasteiger partial charge in [-0.05, 0) is 49.9 Å². The van der Waals surface area contributed by atoms with Crippen molar-refractivity contribution in [3.8, 4) is 0 Å². The van der Waals surface area contributed by atoms with Crippen LogP contribution in [0.5, 0.6) is 0 Å². The maximum absolute atomic E-state index is 4.62. The van der Waals surface area contributed by atoms with Gasteiger partial charge in [-0.1, -0.05) is 25.1 Å². The molecule has 3 rings (SSSR count). The van der Waals surface area contributed by atoms with Crippen LogP contribution in [0.25, 0.3) is 10.9 Å². The van der Waals surface area contributed by atoms with Gasteiger partial charge >= 0.3 is 0 Å². The third kappa shape index (κ3) is 2.25. The van der Waals surface area contributed by atoms with Crippen molar-refractivity contribution in [3.63, 3.8) is 0 Å². The Morgan fingerprint density at radius 1 is 1.17 bits per heavy atom. The zero-order chi connectivity index (χ0) is 12.5. The van der Waals surface area contributed by atoms with E-state index in [-0.39, 0.29) is 0 Å². The van der Waals surface area contributed by atoms with Crippen molar-refractivity contribution in [1.82, 2.24) is 10.3 Å². The summed E-state index contributed by atoms with van der Waals surface area (Å²) in [4.78, 5) is 4.62. The fraction of sp³-hybridized carbons (Fsp3) is 0.438. The van der Waals surface area contributed by atoms with Crippen LogP contribution in [0.2, 0.25) is 0 Å². The predicted molar refractivity (Wildman–Crippen MR) is 75.6 cm³/mol. The summed E-state index contributed by atoms with van der Waals surface area (Å²) in [6, 6.07) is 11.4. The van der Waals surface area contributed by atoms with Gasteiger partial charge < -0.3 is 5.32 Å². The minimum atomic E-state index is 0.507. The van der Waals surface area contributed by atoms with Crippen LogP contribution in [0.15, 0.2) is 30.3 Å². The molecular weight excluding hydrogens is 220 g/mol. The molecule has 2 unspecified atom stereocenters. The Hall–Kier alpha value is -1.41. The molecule has 0 bridgehead atoms. The monoisotopic (exact) mass is 240 g/mol. The topological polar surface area (TPSA) is 24.9 Å². The van der Waals surface area contributed by atoms with Gasteiger partial charge in [0.25, 0.3) is 0 Å². The molecule has 1 N–H and O–H groups in total. The Balaban J connectivity index is 1.92. The summed E-state index contributed by atoms with van der Waals surface area (Å²) < 4.78 is 0. The van der Waals surface area contributed by atoms with Gasteiger partial charge in [-0.3, -0.25) is 4.98 Å². The average Bonchev–Trinajstić information content (AvgIpc) is 2.38. The number of piperidine rings is 1. The van der Waals surface area contributed by atoms with E-state index in [0.717, 1.165) is 23.7 Å². The molecule has 94 valence electrons. The van der Waals surface area contributed by atoms with Gasteiger partial charge in [0.2, 0.25) is 0 Å². The Kier molecular flexibility index (Phi) is 3.04. The van der Waals surface area contributed by atoms with Gasteiger partial charge in [-0.15, -0.1) is 0 Å². The highest BCUT2D eigenvalue weighted by molar-refractivity contribution is 5.79. The van der Waals surface area contributed by atoms with Crippen LogP contribution >= 0.6 is 0 Å². The lowest BCUT2D eigenvalue weighted by Gasteiger charge is -2.28. The van der Waals surface area contributed by atoms with E-state index >= 15 is 0 Å². The summed E-state index contributed by atoms with van der Waals surface area (Å²) in [6.07, 6.45) is 2.55. The first-order chi connectivity index (χ1) is 8.72. The summed E-state index contributed by atoms with van der Waals surface area (Å²) in [6.45, 7) is 5.49. The van der Waals surface area contributed by atoms with Crippen molar-refractivity contribution >= 4 is 10.9 Å². The molecular formula is C16H20N2. The fourth-order valence-electron chi connectivity index (χ4n) is 2.74. The summed E-state index contributed by atoms with van der Waals surface area (Å²) in [5, 5.41) is 4.87. The standard InChI is InChI=1S/C16H20N2/c1-11-3-8-15(17-10-11)14-7-6-13-5-4-12(2)18-16(13)9-14/h4-7,9,11,15,17H,3,8,10H2,1-2H3. The summed E-state index contributed by atoms with van der Waals surface area (Å²) >= 11 is 0. The number of benzene rings is 1. The number of rotatable bonds is 1. The zero-order valence-corrected chi connectivity index (χ0v) is 11.1. The SMILES string of the molecule is Cc1ccc2ccc(C3CCC(C)CN3)cc2n1.